The van der Waals surface area contributed by atoms with Crippen LogP contribution in [0.4, 0.5) is 0 Å². The molecule has 2 aliphatic heterocycles. The van der Waals surface area contributed by atoms with Crippen LogP contribution in [-0.2, 0) is 26.0 Å². The third-order valence-corrected chi connectivity index (χ3v) is 9.24. The van der Waals surface area contributed by atoms with E-state index in [0.717, 1.165) is 32.5 Å². The maximum absolute atomic E-state index is 13.5. The predicted octanol–water partition coefficient (Wildman–Crippen LogP) is 2.95. The van der Waals surface area contributed by atoms with Gasteiger partial charge in [-0.3, -0.25) is 9.59 Å². The van der Waals surface area contributed by atoms with E-state index >= 15 is 0 Å². The fraction of sp³-hybridized carbons (Fsp3) is 0.517. The number of sulfonamides is 1. The number of piperazine rings is 1. The predicted molar refractivity (Wildman–Crippen MR) is 148 cm³/mol. The molecular formula is C29H40N4O4S. The largest absolute Gasteiger partial charge is 0.342 e. The second kappa shape index (κ2) is 12.9. The number of hydrogen-bond acceptors (Lipinski definition) is 5. The molecule has 2 saturated heterocycles. The zero-order valence-electron chi connectivity index (χ0n) is 22.3. The van der Waals surface area contributed by atoms with E-state index in [9.17, 15) is 18.0 Å². The molecule has 2 aliphatic rings. The van der Waals surface area contributed by atoms with E-state index in [1.165, 1.54) is 5.56 Å². The van der Waals surface area contributed by atoms with Crippen molar-refractivity contribution in [2.24, 2.45) is 0 Å². The average molecular weight is 541 g/mol. The standard InChI is InChI=1S/C29H40N4O4S/c1-2-20-33-27(34)26(15-9-10-19-30-38(36,37)25-13-7-4-8-14-25)31-28(35)29(33)17-22-32(23-18-29)21-16-24-11-5-3-6-12-24/h3-8,11-14,26,30H,2,9-10,15-23H2,1H3,(H,31,35). The first-order valence-corrected chi connectivity index (χ1v) is 15.3. The molecule has 9 heteroatoms. The Hall–Kier alpha value is -2.75. The zero-order valence-corrected chi connectivity index (χ0v) is 23.1. The number of nitrogens with one attached hydrogen (secondary N) is 2. The van der Waals surface area contributed by atoms with Gasteiger partial charge in [-0.2, -0.15) is 0 Å². The number of rotatable bonds is 12. The van der Waals surface area contributed by atoms with Crippen LogP contribution < -0.4 is 10.0 Å². The summed E-state index contributed by atoms with van der Waals surface area (Å²) >= 11 is 0. The number of nitrogens with zero attached hydrogens (tertiary/aromatic N) is 2. The van der Waals surface area contributed by atoms with Crippen LogP contribution in [0, 0.1) is 0 Å². The van der Waals surface area contributed by atoms with E-state index in [1.807, 2.05) is 17.9 Å². The second-order valence-electron chi connectivity index (χ2n) is 10.3. The van der Waals surface area contributed by atoms with Crippen molar-refractivity contribution in [2.45, 2.75) is 68.3 Å². The van der Waals surface area contributed by atoms with Gasteiger partial charge in [-0.15, -0.1) is 0 Å². The molecule has 1 unspecified atom stereocenters. The van der Waals surface area contributed by atoms with Crippen LogP contribution in [0.25, 0.3) is 0 Å². The van der Waals surface area contributed by atoms with Crippen molar-refractivity contribution in [2.75, 3.05) is 32.7 Å². The van der Waals surface area contributed by atoms with E-state index < -0.39 is 21.6 Å². The Morgan fingerprint density at radius 2 is 1.61 bits per heavy atom. The summed E-state index contributed by atoms with van der Waals surface area (Å²) in [4.78, 5) is 31.5. The molecule has 1 atom stereocenters. The first-order chi connectivity index (χ1) is 18.4. The van der Waals surface area contributed by atoms with E-state index in [0.29, 0.717) is 38.6 Å². The first kappa shape index (κ1) is 28.3. The molecule has 1 spiro atoms. The molecule has 4 rings (SSSR count). The van der Waals surface area contributed by atoms with Crippen molar-refractivity contribution in [3.8, 4) is 0 Å². The van der Waals surface area contributed by atoms with Gasteiger partial charge >= 0.3 is 0 Å². The lowest BCUT2D eigenvalue weighted by atomic mass is 9.81. The SMILES string of the molecule is CCCN1C(=O)C(CCCCNS(=O)(=O)c2ccccc2)NC(=O)C12CCN(CCc1ccccc1)CC2. The number of benzene rings is 2. The van der Waals surface area contributed by atoms with Gasteiger partial charge in [0.15, 0.2) is 0 Å². The molecule has 2 aromatic carbocycles. The van der Waals surface area contributed by atoms with Crippen LogP contribution in [-0.4, -0.2) is 74.3 Å². The second-order valence-corrected chi connectivity index (χ2v) is 12.1. The Balaban J connectivity index is 1.28. The normalized spacial score (nSPS) is 20.0. The van der Waals surface area contributed by atoms with Crippen molar-refractivity contribution < 1.29 is 18.0 Å². The highest BCUT2D eigenvalue weighted by molar-refractivity contribution is 7.89. The molecule has 206 valence electrons. The van der Waals surface area contributed by atoms with Gasteiger partial charge in [0.05, 0.1) is 4.90 Å². The third kappa shape index (κ3) is 6.62. The van der Waals surface area contributed by atoms with Crippen LogP contribution >= 0.6 is 0 Å². The maximum Gasteiger partial charge on any atom is 0.246 e. The van der Waals surface area contributed by atoms with Crippen LogP contribution in [0.2, 0.25) is 0 Å². The molecule has 0 radical (unpaired) electrons. The fourth-order valence-electron chi connectivity index (χ4n) is 5.56. The minimum absolute atomic E-state index is 0.00551. The van der Waals surface area contributed by atoms with Crippen molar-refractivity contribution >= 4 is 21.8 Å². The van der Waals surface area contributed by atoms with Crippen molar-refractivity contribution in [3.63, 3.8) is 0 Å². The molecule has 2 aromatic rings. The quantitative estimate of drug-likeness (QED) is 0.404. The van der Waals surface area contributed by atoms with Crippen LogP contribution in [0.1, 0.15) is 51.0 Å². The summed E-state index contributed by atoms with van der Waals surface area (Å²) in [5, 5.41) is 3.03. The lowest BCUT2D eigenvalue weighted by molar-refractivity contribution is -0.161. The molecule has 0 saturated carbocycles. The molecule has 0 aliphatic carbocycles. The van der Waals surface area contributed by atoms with Crippen molar-refractivity contribution in [3.05, 3.63) is 66.2 Å². The molecule has 2 fully saturated rings. The Morgan fingerprint density at radius 3 is 2.26 bits per heavy atom. The van der Waals surface area contributed by atoms with Crippen LogP contribution in [0.15, 0.2) is 65.6 Å². The van der Waals surface area contributed by atoms with Gasteiger partial charge in [0.1, 0.15) is 11.6 Å². The van der Waals surface area contributed by atoms with Crippen molar-refractivity contribution in [1.29, 1.82) is 0 Å². The smallest absolute Gasteiger partial charge is 0.246 e. The number of carbonyl (C=O) groups is 2. The number of likely N-dealkylation sites (tertiary alicyclic amines) is 1. The zero-order chi connectivity index (χ0) is 27.0. The lowest BCUT2D eigenvalue weighted by Gasteiger charge is -2.51. The van der Waals surface area contributed by atoms with Gasteiger partial charge in [0, 0.05) is 32.7 Å². The van der Waals surface area contributed by atoms with Crippen molar-refractivity contribution in [1.82, 2.24) is 19.8 Å². The molecule has 0 bridgehead atoms. The van der Waals surface area contributed by atoms with Gasteiger partial charge in [-0.05, 0) is 62.6 Å². The molecule has 2 amide bonds. The topological polar surface area (TPSA) is 98.8 Å². The minimum Gasteiger partial charge on any atom is -0.342 e. The van der Waals surface area contributed by atoms with Crippen LogP contribution in [0.5, 0.6) is 0 Å². The van der Waals surface area contributed by atoms with Gasteiger partial charge in [0.25, 0.3) is 0 Å². The molecule has 8 nitrogen and oxygen atoms in total. The Morgan fingerprint density at radius 1 is 0.947 bits per heavy atom. The number of unbranched alkanes of at least 4 members (excludes halogenated alkanes) is 1. The minimum atomic E-state index is -3.54. The number of piperidine rings is 1. The number of hydrogen-bond donors (Lipinski definition) is 2. The number of carbonyl (C=O) groups excluding carboxylic acids is 2. The summed E-state index contributed by atoms with van der Waals surface area (Å²) in [6.45, 7) is 5.42. The maximum atomic E-state index is 13.5. The van der Waals surface area contributed by atoms with Gasteiger partial charge < -0.3 is 15.1 Å². The summed E-state index contributed by atoms with van der Waals surface area (Å²) in [5.74, 6) is -0.0444. The Labute approximate surface area is 226 Å². The first-order valence-electron chi connectivity index (χ1n) is 13.8. The summed E-state index contributed by atoms with van der Waals surface area (Å²) in [6.07, 6.45) is 4.78. The summed E-state index contributed by atoms with van der Waals surface area (Å²) < 4.78 is 27.4. The Bertz CT molecular complexity index is 1170. The lowest BCUT2D eigenvalue weighted by Crippen LogP contribution is -2.72. The molecular weight excluding hydrogens is 500 g/mol. The van der Waals surface area contributed by atoms with Crippen LogP contribution in [0.3, 0.4) is 0 Å². The van der Waals surface area contributed by atoms with E-state index in [4.69, 9.17) is 0 Å². The van der Waals surface area contributed by atoms with Gasteiger partial charge in [-0.25, -0.2) is 13.1 Å². The monoisotopic (exact) mass is 540 g/mol. The van der Waals surface area contributed by atoms with E-state index in [1.54, 1.807) is 30.3 Å². The summed E-state index contributed by atoms with van der Waals surface area (Å²) in [5.41, 5.74) is 0.541. The molecule has 2 heterocycles. The molecule has 2 N–H and O–H groups in total. The summed E-state index contributed by atoms with van der Waals surface area (Å²) in [7, 11) is -3.54. The fourth-order valence-corrected chi connectivity index (χ4v) is 6.65. The molecule has 38 heavy (non-hydrogen) atoms. The van der Waals surface area contributed by atoms with Gasteiger partial charge in [0.2, 0.25) is 21.8 Å². The van der Waals surface area contributed by atoms with E-state index in [-0.39, 0.29) is 23.3 Å². The summed E-state index contributed by atoms with van der Waals surface area (Å²) in [6, 6.07) is 18.1. The van der Waals surface area contributed by atoms with Gasteiger partial charge in [-0.1, -0.05) is 55.5 Å². The third-order valence-electron chi connectivity index (χ3n) is 7.76. The average Bonchev–Trinajstić information content (AvgIpc) is 2.94. The van der Waals surface area contributed by atoms with E-state index in [2.05, 4.69) is 39.2 Å². The Kier molecular flexibility index (Phi) is 9.57. The highest BCUT2D eigenvalue weighted by atomic mass is 32.2. The molecule has 0 aromatic heterocycles. The number of amides is 2. The highest BCUT2D eigenvalue weighted by Gasteiger charge is 2.52. The highest BCUT2D eigenvalue weighted by Crippen LogP contribution is 2.34.